The molecule has 2 heterocycles. The molecule has 156 valence electrons. The minimum absolute atomic E-state index is 0.0127. The number of nitrogens with zero attached hydrogens (tertiary/aromatic N) is 2. The Morgan fingerprint density at radius 1 is 1.28 bits per heavy atom. The van der Waals surface area contributed by atoms with Crippen LogP contribution in [-0.2, 0) is 14.3 Å². The molecule has 1 aromatic heterocycles. The Hall–Kier alpha value is -2.87. The molecule has 8 heteroatoms. The number of aryl methyl sites for hydroxylation is 2. The number of rotatable bonds is 7. The van der Waals surface area contributed by atoms with Crippen molar-refractivity contribution in [2.24, 2.45) is 0 Å². The summed E-state index contributed by atoms with van der Waals surface area (Å²) in [6, 6.07) is 5.92. The van der Waals surface area contributed by atoms with Crippen molar-refractivity contribution in [2.45, 2.75) is 32.6 Å². The van der Waals surface area contributed by atoms with Crippen LogP contribution in [0.1, 0.15) is 35.6 Å². The van der Waals surface area contributed by atoms with Crippen molar-refractivity contribution in [1.82, 2.24) is 15.1 Å². The predicted molar refractivity (Wildman–Crippen MR) is 109 cm³/mol. The highest BCUT2D eigenvalue weighted by Crippen LogP contribution is 2.30. The molecule has 0 saturated carbocycles. The van der Waals surface area contributed by atoms with Crippen molar-refractivity contribution in [2.75, 3.05) is 38.7 Å². The number of aromatic amines is 1. The van der Waals surface area contributed by atoms with Gasteiger partial charge in [-0.15, -0.1) is 0 Å². The molecule has 1 saturated heterocycles. The monoisotopic (exact) mass is 400 g/mol. The van der Waals surface area contributed by atoms with Crippen LogP contribution in [0.5, 0.6) is 5.75 Å². The third kappa shape index (κ3) is 5.14. The number of hydrogen-bond acceptors (Lipinski definition) is 5. The van der Waals surface area contributed by atoms with Crippen molar-refractivity contribution in [1.29, 1.82) is 0 Å². The lowest BCUT2D eigenvalue weighted by Gasteiger charge is -2.32. The van der Waals surface area contributed by atoms with Crippen LogP contribution in [0.4, 0.5) is 5.69 Å². The van der Waals surface area contributed by atoms with E-state index in [1.54, 1.807) is 6.20 Å². The SMILES string of the molecule is COCC(=O)Nc1cn[nH]c1[C@H]1CCCN(C(=O)COc2c(C)cccc2C)C1. The maximum Gasteiger partial charge on any atom is 0.260 e. The molecule has 1 aliphatic heterocycles. The molecule has 8 nitrogen and oxygen atoms in total. The van der Waals surface area contributed by atoms with E-state index >= 15 is 0 Å². The van der Waals surface area contributed by atoms with Gasteiger partial charge in [0.1, 0.15) is 12.4 Å². The number of hydrogen-bond donors (Lipinski definition) is 2. The number of piperidine rings is 1. The second-order valence-corrected chi connectivity index (χ2v) is 7.37. The number of para-hydroxylation sites is 1. The third-order valence-corrected chi connectivity index (χ3v) is 5.15. The van der Waals surface area contributed by atoms with E-state index in [0.29, 0.717) is 18.8 Å². The zero-order valence-electron chi connectivity index (χ0n) is 17.2. The average Bonchev–Trinajstić information content (AvgIpc) is 3.15. The molecule has 3 rings (SSSR count). The lowest BCUT2D eigenvalue weighted by atomic mass is 9.94. The van der Waals surface area contributed by atoms with Gasteiger partial charge in [-0.1, -0.05) is 18.2 Å². The van der Waals surface area contributed by atoms with Crippen LogP contribution in [0.25, 0.3) is 0 Å². The smallest absolute Gasteiger partial charge is 0.260 e. The number of likely N-dealkylation sites (tertiary alicyclic amines) is 1. The van der Waals surface area contributed by atoms with Gasteiger partial charge in [-0.3, -0.25) is 14.7 Å². The van der Waals surface area contributed by atoms with E-state index in [1.807, 2.05) is 36.9 Å². The number of amides is 2. The summed E-state index contributed by atoms with van der Waals surface area (Å²) in [6.07, 6.45) is 3.38. The van der Waals surface area contributed by atoms with Crippen LogP contribution in [0, 0.1) is 13.8 Å². The Bertz CT molecular complexity index is 844. The first-order chi connectivity index (χ1) is 14.0. The highest BCUT2D eigenvalue weighted by Gasteiger charge is 2.28. The van der Waals surface area contributed by atoms with Crippen LogP contribution in [0.3, 0.4) is 0 Å². The summed E-state index contributed by atoms with van der Waals surface area (Å²) in [6.45, 7) is 5.20. The fourth-order valence-electron chi connectivity index (χ4n) is 3.72. The van der Waals surface area contributed by atoms with Gasteiger partial charge in [0, 0.05) is 26.1 Å². The minimum Gasteiger partial charge on any atom is -0.483 e. The standard InChI is InChI=1S/C21H28N4O4/c1-14-6-4-7-15(2)21(14)29-13-19(27)25-9-5-8-16(11-25)20-17(10-22-24-20)23-18(26)12-28-3/h4,6-7,10,16H,5,8-9,11-13H2,1-3H3,(H,22,24)(H,23,26)/t16-/m0/s1. The average molecular weight is 400 g/mol. The number of carbonyl (C=O) groups is 2. The largest absolute Gasteiger partial charge is 0.483 e. The maximum absolute atomic E-state index is 12.7. The minimum atomic E-state index is -0.235. The topological polar surface area (TPSA) is 96.5 Å². The van der Waals surface area contributed by atoms with E-state index < -0.39 is 0 Å². The highest BCUT2D eigenvalue weighted by molar-refractivity contribution is 5.92. The zero-order chi connectivity index (χ0) is 20.8. The predicted octanol–water partition coefficient (Wildman–Crippen LogP) is 2.40. The lowest BCUT2D eigenvalue weighted by molar-refractivity contribution is -0.134. The van der Waals surface area contributed by atoms with E-state index in [2.05, 4.69) is 15.5 Å². The van der Waals surface area contributed by atoms with Gasteiger partial charge in [0.15, 0.2) is 6.61 Å². The molecule has 1 aromatic carbocycles. The second kappa shape index (κ2) is 9.56. The molecule has 29 heavy (non-hydrogen) atoms. The van der Waals surface area contributed by atoms with Gasteiger partial charge in [0.25, 0.3) is 5.91 Å². The number of carbonyl (C=O) groups excluding carboxylic acids is 2. The van der Waals surface area contributed by atoms with Crippen molar-refractivity contribution >= 4 is 17.5 Å². The van der Waals surface area contributed by atoms with Crippen LogP contribution in [0.2, 0.25) is 0 Å². The van der Waals surface area contributed by atoms with E-state index in [0.717, 1.165) is 35.4 Å². The van der Waals surface area contributed by atoms with Gasteiger partial charge in [-0.05, 0) is 37.8 Å². The van der Waals surface area contributed by atoms with Gasteiger partial charge in [-0.2, -0.15) is 5.10 Å². The highest BCUT2D eigenvalue weighted by atomic mass is 16.5. The Kier molecular flexibility index (Phi) is 6.87. The molecular weight excluding hydrogens is 372 g/mol. The zero-order valence-corrected chi connectivity index (χ0v) is 17.2. The molecule has 1 aliphatic rings. The van der Waals surface area contributed by atoms with Crippen LogP contribution in [0.15, 0.2) is 24.4 Å². The van der Waals surface area contributed by atoms with Crippen LogP contribution < -0.4 is 10.1 Å². The van der Waals surface area contributed by atoms with Gasteiger partial charge < -0.3 is 19.7 Å². The Labute approximate surface area is 170 Å². The number of methoxy groups -OCH3 is 1. The number of ether oxygens (including phenoxy) is 2. The lowest BCUT2D eigenvalue weighted by Crippen LogP contribution is -2.41. The molecule has 0 unspecified atom stereocenters. The first kappa shape index (κ1) is 20.9. The van der Waals surface area contributed by atoms with Crippen molar-refractivity contribution in [3.63, 3.8) is 0 Å². The molecule has 1 atom stereocenters. The fraction of sp³-hybridized carbons (Fsp3) is 0.476. The number of H-pyrrole nitrogens is 1. The number of nitrogens with one attached hydrogen (secondary N) is 2. The number of aromatic nitrogens is 2. The summed E-state index contributed by atoms with van der Waals surface area (Å²) < 4.78 is 10.7. The molecule has 0 spiro atoms. The first-order valence-electron chi connectivity index (χ1n) is 9.78. The fourth-order valence-corrected chi connectivity index (χ4v) is 3.72. The Morgan fingerprint density at radius 2 is 2.03 bits per heavy atom. The van der Waals surface area contributed by atoms with Crippen LogP contribution in [-0.4, -0.2) is 60.3 Å². The molecular formula is C21H28N4O4. The summed E-state index contributed by atoms with van der Waals surface area (Å²) in [5.41, 5.74) is 3.51. The van der Waals surface area contributed by atoms with E-state index in [4.69, 9.17) is 9.47 Å². The van der Waals surface area contributed by atoms with Crippen molar-refractivity contribution in [3.05, 3.63) is 41.2 Å². The second-order valence-electron chi connectivity index (χ2n) is 7.37. The Balaban J connectivity index is 1.61. The van der Waals surface area contributed by atoms with E-state index in [1.165, 1.54) is 7.11 Å². The molecule has 1 fully saturated rings. The number of benzene rings is 1. The van der Waals surface area contributed by atoms with Crippen molar-refractivity contribution in [3.8, 4) is 5.75 Å². The molecule has 2 N–H and O–H groups in total. The quantitative estimate of drug-likeness (QED) is 0.744. The van der Waals surface area contributed by atoms with Crippen LogP contribution >= 0.6 is 0 Å². The maximum atomic E-state index is 12.7. The molecule has 2 aromatic rings. The summed E-state index contributed by atoms with van der Waals surface area (Å²) >= 11 is 0. The van der Waals surface area contributed by atoms with Gasteiger partial charge in [0.05, 0.1) is 17.6 Å². The normalized spacial score (nSPS) is 16.5. The summed E-state index contributed by atoms with van der Waals surface area (Å²) in [5, 5.41) is 9.85. The molecule has 2 amide bonds. The number of anilines is 1. The summed E-state index contributed by atoms with van der Waals surface area (Å²) in [4.78, 5) is 26.4. The van der Waals surface area contributed by atoms with E-state index in [-0.39, 0.29) is 30.9 Å². The first-order valence-corrected chi connectivity index (χ1v) is 9.78. The molecule has 0 aliphatic carbocycles. The van der Waals surface area contributed by atoms with Crippen molar-refractivity contribution < 1.29 is 19.1 Å². The van der Waals surface area contributed by atoms with E-state index in [9.17, 15) is 9.59 Å². The van der Waals surface area contributed by atoms with Gasteiger partial charge >= 0.3 is 0 Å². The summed E-state index contributed by atoms with van der Waals surface area (Å²) in [7, 11) is 1.47. The third-order valence-electron chi connectivity index (χ3n) is 5.15. The van der Waals surface area contributed by atoms with Gasteiger partial charge in [0.2, 0.25) is 5.91 Å². The Morgan fingerprint density at radius 3 is 2.76 bits per heavy atom. The molecule has 0 radical (unpaired) electrons. The molecule has 0 bridgehead atoms. The van der Waals surface area contributed by atoms with Gasteiger partial charge in [-0.25, -0.2) is 0 Å². The summed E-state index contributed by atoms with van der Waals surface area (Å²) in [5.74, 6) is 0.571.